The van der Waals surface area contributed by atoms with E-state index in [1.54, 1.807) is 0 Å². The monoisotopic (exact) mass is 264 g/mol. The molecule has 0 saturated carbocycles. The van der Waals surface area contributed by atoms with Crippen LogP contribution >= 0.6 is 0 Å². The van der Waals surface area contributed by atoms with Crippen LogP contribution in [-0.2, 0) is 0 Å². The molecule has 0 heteroatoms. The Bertz CT molecular complexity index is 253. The summed E-state index contributed by atoms with van der Waals surface area (Å²) < 4.78 is 0. The van der Waals surface area contributed by atoms with Crippen molar-refractivity contribution in [1.82, 2.24) is 0 Å². The van der Waals surface area contributed by atoms with E-state index in [1.807, 2.05) is 13.0 Å². The first-order valence-corrected chi connectivity index (χ1v) is 7.89. The van der Waals surface area contributed by atoms with Crippen molar-refractivity contribution in [3.8, 4) is 0 Å². The summed E-state index contributed by atoms with van der Waals surface area (Å²) in [6, 6.07) is 0. The fraction of sp³-hybridized carbons (Fsp3) is 0.684. The molecular weight excluding hydrogens is 228 g/mol. The first-order chi connectivity index (χ1) is 8.93. The second kappa shape index (κ2) is 13.6. The molecule has 0 radical (unpaired) electrons. The van der Waals surface area contributed by atoms with E-state index in [0.29, 0.717) is 5.41 Å². The van der Waals surface area contributed by atoms with Crippen LogP contribution in [0.1, 0.15) is 80.1 Å². The van der Waals surface area contributed by atoms with Crippen molar-refractivity contribution in [2.45, 2.75) is 80.1 Å². The van der Waals surface area contributed by atoms with Gasteiger partial charge in [0.1, 0.15) is 0 Å². The highest BCUT2D eigenvalue weighted by atomic mass is 14.2. The Morgan fingerprint density at radius 1 is 1.11 bits per heavy atom. The highest BCUT2D eigenvalue weighted by molar-refractivity contribution is 5.19. The average molecular weight is 264 g/mol. The van der Waals surface area contributed by atoms with Gasteiger partial charge in [-0.2, -0.15) is 0 Å². The number of unbranched alkanes of at least 4 members (excludes halogenated alkanes) is 2. The lowest BCUT2D eigenvalue weighted by molar-refractivity contribution is 0.309. The molecule has 0 amide bonds. The number of allylic oxidation sites excluding steroid dienone is 5. The molecule has 0 nitrogen and oxygen atoms in total. The quantitative estimate of drug-likeness (QED) is 0.324. The van der Waals surface area contributed by atoms with Gasteiger partial charge in [-0.1, -0.05) is 96.8 Å². The zero-order valence-corrected chi connectivity index (χ0v) is 14.3. The lowest BCUT2D eigenvalue weighted by atomic mass is 9.84. The zero-order chi connectivity index (χ0) is 15.1. The Kier molecular flexibility index (Phi) is 14.8. The SMILES string of the molecule is C=C/C(C)=C/C=C/CC.CCCCCC(C)(C)CC. The van der Waals surface area contributed by atoms with Crippen molar-refractivity contribution in [3.05, 3.63) is 36.5 Å². The molecule has 0 fully saturated rings. The van der Waals surface area contributed by atoms with Gasteiger partial charge in [0.2, 0.25) is 0 Å². The Balaban J connectivity index is 0. The molecule has 0 heterocycles. The first kappa shape index (κ1) is 20.5. The maximum absolute atomic E-state index is 3.64. The zero-order valence-electron chi connectivity index (χ0n) is 14.3. The van der Waals surface area contributed by atoms with Crippen molar-refractivity contribution in [2.75, 3.05) is 0 Å². The van der Waals surface area contributed by atoms with Crippen LogP contribution in [0.5, 0.6) is 0 Å². The van der Waals surface area contributed by atoms with E-state index in [1.165, 1.54) is 37.7 Å². The average Bonchev–Trinajstić information content (AvgIpc) is 2.40. The summed E-state index contributed by atoms with van der Waals surface area (Å²) in [5.74, 6) is 0. The van der Waals surface area contributed by atoms with Crippen LogP contribution in [0, 0.1) is 5.41 Å². The van der Waals surface area contributed by atoms with Crippen molar-refractivity contribution in [3.63, 3.8) is 0 Å². The molecule has 0 bridgehead atoms. The lowest BCUT2D eigenvalue weighted by Crippen LogP contribution is -2.08. The molecule has 0 atom stereocenters. The highest BCUT2D eigenvalue weighted by Crippen LogP contribution is 2.26. The second-order valence-electron chi connectivity index (χ2n) is 5.93. The highest BCUT2D eigenvalue weighted by Gasteiger charge is 2.13. The van der Waals surface area contributed by atoms with Gasteiger partial charge in [-0.05, 0) is 25.2 Å². The van der Waals surface area contributed by atoms with Crippen LogP contribution < -0.4 is 0 Å². The standard InChI is InChI=1S/C10H22.C9H14/c1-5-7-8-9-10(3,4)6-2;1-4-6-7-8-9(3)5-2/h5-9H2,1-4H3;5-8H,2,4H2,1,3H3/b;7-6+,9-8+. The minimum Gasteiger partial charge on any atom is -0.0988 e. The van der Waals surface area contributed by atoms with Gasteiger partial charge in [0.05, 0.1) is 0 Å². The normalized spacial score (nSPS) is 12.2. The van der Waals surface area contributed by atoms with Crippen LogP contribution in [0.3, 0.4) is 0 Å². The van der Waals surface area contributed by atoms with Crippen LogP contribution in [-0.4, -0.2) is 0 Å². The van der Waals surface area contributed by atoms with Crippen LogP contribution in [0.4, 0.5) is 0 Å². The summed E-state index contributed by atoms with van der Waals surface area (Å²) >= 11 is 0. The van der Waals surface area contributed by atoms with Gasteiger partial charge in [-0.15, -0.1) is 0 Å². The Morgan fingerprint density at radius 3 is 2.16 bits per heavy atom. The minimum atomic E-state index is 0.592. The van der Waals surface area contributed by atoms with E-state index in [0.717, 1.165) is 6.42 Å². The third-order valence-electron chi connectivity index (χ3n) is 3.47. The molecular formula is C19H36. The van der Waals surface area contributed by atoms with E-state index in [4.69, 9.17) is 0 Å². The summed E-state index contributed by atoms with van der Waals surface area (Å²) in [6.45, 7) is 17.1. The maximum Gasteiger partial charge on any atom is -0.0357 e. The molecule has 0 aromatic heterocycles. The van der Waals surface area contributed by atoms with Crippen molar-refractivity contribution in [2.24, 2.45) is 5.41 Å². The molecule has 0 aliphatic heterocycles. The van der Waals surface area contributed by atoms with Crippen molar-refractivity contribution >= 4 is 0 Å². The Morgan fingerprint density at radius 2 is 1.74 bits per heavy atom. The molecule has 0 aromatic carbocycles. The molecule has 0 saturated heterocycles. The van der Waals surface area contributed by atoms with Crippen molar-refractivity contribution < 1.29 is 0 Å². The van der Waals surface area contributed by atoms with E-state index in [2.05, 4.69) is 59.4 Å². The van der Waals surface area contributed by atoms with Crippen LogP contribution in [0.25, 0.3) is 0 Å². The topological polar surface area (TPSA) is 0 Å². The maximum atomic E-state index is 3.64. The predicted molar refractivity (Wildman–Crippen MR) is 91.6 cm³/mol. The summed E-state index contributed by atoms with van der Waals surface area (Å²) in [5.41, 5.74) is 1.80. The van der Waals surface area contributed by atoms with E-state index >= 15 is 0 Å². The molecule has 0 aromatic rings. The fourth-order valence-electron chi connectivity index (χ4n) is 1.45. The van der Waals surface area contributed by atoms with Gasteiger partial charge >= 0.3 is 0 Å². The van der Waals surface area contributed by atoms with Gasteiger partial charge in [0.15, 0.2) is 0 Å². The Hall–Kier alpha value is -0.780. The molecule has 0 unspecified atom stereocenters. The van der Waals surface area contributed by atoms with E-state index in [9.17, 15) is 0 Å². The molecule has 112 valence electrons. The van der Waals surface area contributed by atoms with Crippen LogP contribution in [0.15, 0.2) is 36.5 Å². The molecule has 19 heavy (non-hydrogen) atoms. The third-order valence-corrected chi connectivity index (χ3v) is 3.47. The lowest BCUT2D eigenvalue weighted by Gasteiger charge is -2.21. The van der Waals surface area contributed by atoms with Crippen molar-refractivity contribution in [1.29, 1.82) is 0 Å². The second-order valence-corrected chi connectivity index (χ2v) is 5.93. The molecule has 0 aliphatic carbocycles. The molecule has 0 N–H and O–H groups in total. The van der Waals surface area contributed by atoms with E-state index in [-0.39, 0.29) is 0 Å². The largest absolute Gasteiger partial charge is 0.0988 e. The van der Waals surface area contributed by atoms with Gasteiger partial charge < -0.3 is 0 Å². The summed E-state index contributed by atoms with van der Waals surface area (Å²) in [7, 11) is 0. The van der Waals surface area contributed by atoms with Gasteiger partial charge in [-0.3, -0.25) is 0 Å². The smallest absolute Gasteiger partial charge is 0.0357 e. The van der Waals surface area contributed by atoms with Gasteiger partial charge in [0.25, 0.3) is 0 Å². The summed E-state index contributed by atoms with van der Waals surface area (Å²) in [5, 5.41) is 0. The fourth-order valence-corrected chi connectivity index (χ4v) is 1.45. The molecule has 0 rings (SSSR count). The Labute approximate surface area is 122 Å². The van der Waals surface area contributed by atoms with E-state index < -0.39 is 0 Å². The number of hydrogen-bond acceptors (Lipinski definition) is 0. The third kappa shape index (κ3) is 17.2. The predicted octanol–water partition coefficient (Wildman–Crippen LogP) is 7.09. The summed E-state index contributed by atoms with van der Waals surface area (Å²) in [4.78, 5) is 0. The summed E-state index contributed by atoms with van der Waals surface area (Å²) in [6.07, 6.45) is 16.1. The van der Waals surface area contributed by atoms with Gasteiger partial charge in [-0.25, -0.2) is 0 Å². The van der Waals surface area contributed by atoms with Gasteiger partial charge in [0, 0.05) is 0 Å². The minimum absolute atomic E-state index is 0.592. The molecule has 0 aliphatic rings. The number of rotatable bonds is 8. The first-order valence-electron chi connectivity index (χ1n) is 7.89. The number of hydrogen-bond donors (Lipinski definition) is 0. The molecule has 0 spiro atoms. The van der Waals surface area contributed by atoms with Crippen LogP contribution in [0.2, 0.25) is 0 Å².